The fourth-order valence-electron chi connectivity index (χ4n) is 2.39. The summed E-state index contributed by atoms with van der Waals surface area (Å²) in [5, 5.41) is 38.6. The fraction of sp³-hybridized carbons (Fsp3) is 0.833. The van der Waals surface area contributed by atoms with Crippen LogP contribution in [-0.2, 0) is 9.47 Å². The van der Waals surface area contributed by atoms with Gasteiger partial charge in [0.1, 0.15) is 11.7 Å². The van der Waals surface area contributed by atoms with E-state index in [1.807, 2.05) is 0 Å². The molecule has 6 nitrogen and oxygen atoms in total. The van der Waals surface area contributed by atoms with Gasteiger partial charge in [0.15, 0.2) is 11.9 Å². The molecule has 1 fully saturated rings. The van der Waals surface area contributed by atoms with Crippen molar-refractivity contribution in [3.63, 3.8) is 0 Å². The van der Waals surface area contributed by atoms with Gasteiger partial charge >= 0.3 is 5.95 Å². The highest BCUT2D eigenvalue weighted by Gasteiger charge is 2.74. The molecule has 0 radical (unpaired) electrons. The molecule has 0 saturated heterocycles. The molecule has 1 saturated carbocycles. The van der Waals surface area contributed by atoms with E-state index in [9.17, 15) is 15.3 Å². The number of hydrogen-bond acceptors (Lipinski definition) is 7. The first-order valence-corrected chi connectivity index (χ1v) is 7.05. The predicted molar refractivity (Wildman–Crippen MR) is 69.7 cm³/mol. The second-order valence-corrected chi connectivity index (χ2v) is 5.35. The summed E-state index contributed by atoms with van der Waals surface area (Å²) in [5.41, 5.74) is -1.60. The first kappa shape index (κ1) is 14.8. The molecule has 0 aromatic heterocycles. The molecule has 4 N–H and O–H groups in total. The Hall–Kier alpha value is -0.630. The molecule has 2 aliphatic rings. The summed E-state index contributed by atoms with van der Waals surface area (Å²) in [7, 11) is 0. The van der Waals surface area contributed by atoms with Crippen LogP contribution in [0, 0.1) is 5.92 Å². The minimum absolute atomic E-state index is 0.101. The molecule has 19 heavy (non-hydrogen) atoms. The van der Waals surface area contributed by atoms with Gasteiger partial charge in [0, 0.05) is 0 Å². The minimum Gasteiger partial charge on any atom is -0.505 e. The van der Waals surface area contributed by atoms with Crippen LogP contribution in [0.3, 0.4) is 0 Å². The van der Waals surface area contributed by atoms with E-state index < -0.39 is 30.3 Å². The third-order valence-corrected chi connectivity index (χ3v) is 3.97. The largest absolute Gasteiger partial charge is 0.505 e. The number of ether oxygens (including phenoxy) is 2. The summed E-state index contributed by atoms with van der Waals surface area (Å²) in [4.78, 5) is 0. The lowest BCUT2D eigenvalue weighted by molar-refractivity contribution is -0.126. The van der Waals surface area contributed by atoms with Gasteiger partial charge in [0.2, 0.25) is 0 Å². The minimum atomic E-state index is -1.60. The van der Waals surface area contributed by atoms with Crippen molar-refractivity contribution in [3.8, 4) is 0 Å². The summed E-state index contributed by atoms with van der Waals surface area (Å²) in [6.07, 6.45) is 0.628. The van der Waals surface area contributed by atoms with Crippen LogP contribution in [0.15, 0.2) is 11.7 Å². The molecule has 4 atom stereocenters. The number of aliphatic hydroxyl groups is 4. The van der Waals surface area contributed by atoms with Crippen LogP contribution >= 0.6 is 12.6 Å². The van der Waals surface area contributed by atoms with E-state index in [0.29, 0.717) is 6.61 Å². The zero-order chi connectivity index (χ0) is 14.0. The van der Waals surface area contributed by atoms with Crippen molar-refractivity contribution in [1.29, 1.82) is 0 Å². The molecule has 3 unspecified atom stereocenters. The number of fused-ring (bicyclic) bond motifs is 1. The normalized spacial score (nSPS) is 36.7. The number of unbranched alkanes of at least 4 members (excludes halogenated alkanes) is 2. The van der Waals surface area contributed by atoms with Crippen molar-refractivity contribution in [3.05, 3.63) is 11.7 Å². The molecule has 1 aliphatic heterocycles. The average Bonchev–Trinajstić information content (AvgIpc) is 2.96. The number of thiol groups is 1. The molecule has 110 valence electrons. The first-order valence-electron chi connectivity index (χ1n) is 6.42. The van der Waals surface area contributed by atoms with E-state index in [1.165, 1.54) is 0 Å². The van der Waals surface area contributed by atoms with Crippen molar-refractivity contribution >= 4 is 12.6 Å². The average molecular weight is 292 g/mol. The molecule has 0 amide bonds. The Morgan fingerprint density at radius 1 is 1.32 bits per heavy atom. The number of aliphatic hydroxyl groups excluding tert-OH is 3. The zero-order valence-electron chi connectivity index (χ0n) is 10.5. The Balaban J connectivity index is 1.92. The third kappa shape index (κ3) is 2.52. The van der Waals surface area contributed by atoms with Crippen LogP contribution in [0.2, 0.25) is 0 Å². The second kappa shape index (κ2) is 5.78. The van der Waals surface area contributed by atoms with Gasteiger partial charge in [0.25, 0.3) is 0 Å². The zero-order valence-corrected chi connectivity index (χ0v) is 11.4. The van der Waals surface area contributed by atoms with E-state index in [1.54, 1.807) is 0 Å². The van der Waals surface area contributed by atoms with Crippen molar-refractivity contribution in [2.24, 2.45) is 5.92 Å². The summed E-state index contributed by atoms with van der Waals surface area (Å²) >= 11 is 4.10. The van der Waals surface area contributed by atoms with Gasteiger partial charge in [-0.15, -0.1) is 0 Å². The Morgan fingerprint density at radius 2 is 2.05 bits per heavy atom. The van der Waals surface area contributed by atoms with Crippen LogP contribution < -0.4 is 0 Å². The lowest BCUT2D eigenvalue weighted by atomic mass is 10.1. The monoisotopic (exact) mass is 292 g/mol. The predicted octanol–water partition coefficient (Wildman–Crippen LogP) is -0.0569. The van der Waals surface area contributed by atoms with Crippen molar-refractivity contribution in [2.75, 3.05) is 19.0 Å². The van der Waals surface area contributed by atoms with Gasteiger partial charge in [-0.25, -0.2) is 0 Å². The van der Waals surface area contributed by atoms with Gasteiger partial charge in [-0.1, -0.05) is 0 Å². The van der Waals surface area contributed by atoms with E-state index in [-0.39, 0.29) is 11.7 Å². The van der Waals surface area contributed by atoms with Gasteiger partial charge in [0.05, 0.1) is 19.1 Å². The summed E-state index contributed by atoms with van der Waals surface area (Å²) in [6.45, 7) is -0.0869. The fourth-order valence-corrected chi connectivity index (χ4v) is 2.62. The molecule has 0 aromatic carbocycles. The summed E-state index contributed by atoms with van der Waals surface area (Å²) < 4.78 is 10.5. The molecule has 7 heteroatoms. The third-order valence-electron chi connectivity index (χ3n) is 3.65. The van der Waals surface area contributed by atoms with Gasteiger partial charge in [-0.2, -0.15) is 12.6 Å². The lowest BCUT2D eigenvalue weighted by Gasteiger charge is -2.28. The maximum atomic E-state index is 10.0. The van der Waals surface area contributed by atoms with Gasteiger partial charge in [-0.3, -0.25) is 0 Å². The van der Waals surface area contributed by atoms with Gasteiger partial charge < -0.3 is 29.9 Å². The quantitative estimate of drug-likeness (QED) is 0.333. The lowest BCUT2D eigenvalue weighted by Crippen LogP contribution is -2.41. The molecular weight excluding hydrogens is 272 g/mol. The summed E-state index contributed by atoms with van der Waals surface area (Å²) in [5.74, 6) is -0.394. The SMILES string of the molecule is OCC1OC(OCCCCCS)=C(O)C2C(O)[C@@]12O. The summed E-state index contributed by atoms with van der Waals surface area (Å²) in [6, 6.07) is 0. The Kier molecular flexibility index (Phi) is 4.50. The van der Waals surface area contributed by atoms with Gasteiger partial charge in [-0.05, 0) is 25.0 Å². The molecule has 0 bridgehead atoms. The maximum Gasteiger partial charge on any atom is 0.319 e. The van der Waals surface area contributed by atoms with Crippen molar-refractivity contribution in [1.82, 2.24) is 0 Å². The number of hydrogen-bond donors (Lipinski definition) is 5. The van der Waals surface area contributed by atoms with Crippen LogP contribution in [0.25, 0.3) is 0 Å². The Bertz CT molecular complexity index is 360. The first-order chi connectivity index (χ1) is 9.07. The van der Waals surface area contributed by atoms with Crippen molar-refractivity contribution in [2.45, 2.75) is 37.1 Å². The number of rotatable bonds is 7. The Labute approximate surface area is 117 Å². The maximum absolute atomic E-state index is 10.0. The van der Waals surface area contributed by atoms with Crippen LogP contribution in [0.5, 0.6) is 0 Å². The topological polar surface area (TPSA) is 99.4 Å². The van der Waals surface area contributed by atoms with E-state index in [2.05, 4.69) is 12.6 Å². The highest BCUT2D eigenvalue weighted by atomic mass is 32.1. The van der Waals surface area contributed by atoms with Crippen LogP contribution in [0.4, 0.5) is 0 Å². The van der Waals surface area contributed by atoms with Crippen LogP contribution in [0.1, 0.15) is 19.3 Å². The molecule has 1 aliphatic carbocycles. The molecule has 2 rings (SSSR count). The molecule has 0 spiro atoms. The highest BCUT2D eigenvalue weighted by Crippen LogP contribution is 2.55. The molecule has 1 heterocycles. The van der Waals surface area contributed by atoms with E-state index >= 15 is 0 Å². The van der Waals surface area contributed by atoms with Crippen molar-refractivity contribution < 1.29 is 29.9 Å². The van der Waals surface area contributed by atoms with Crippen LogP contribution in [-0.4, -0.2) is 57.2 Å². The van der Waals surface area contributed by atoms with E-state index in [0.717, 1.165) is 25.0 Å². The molecule has 0 aromatic rings. The second-order valence-electron chi connectivity index (χ2n) is 4.90. The Morgan fingerprint density at radius 3 is 2.68 bits per heavy atom. The smallest absolute Gasteiger partial charge is 0.319 e. The standard InChI is InChI=1S/C12H20O6S/c13-6-7-12(16)8(10(12)15)9(14)11(18-7)17-4-2-1-3-5-19/h7-8,10,13-16,19H,1-6H2/t7?,8?,10?,12-/m1/s1. The highest BCUT2D eigenvalue weighted by molar-refractivity contribution is 7.80. The molecular formula is C12H20O6S. The van der Waals surface area contributed by atoms with E-state index in [4.69, 9.17) is 14.6 Å².